The van der Waals surface area contributed by atoms with Crippen molar-refractivity contribution in [2.24, 2.45) is 5.73 Å². The molecule has 0 aliphatic heterocycles. The van der Waals surface area contributed by atoms with E-state index in [1.54, 1.807) is 0 Å². The van der Waals surface area contributed by atoms with Crippen LogP contribution in [0.2, 0.25) is 0 Å². The van der Waals surface area contributed by atoms with Gasteiger partial charge in [0.15, 0.2) is 0 Å². The van der Waals surface area contributed by atoms with Crippen molar-refractivity contribution in [1.82, 2.24) is 0 Å². The molecule has 0 aromatic heterocycles. The summed E-state index contributed by atoms with van der Waals surface area (Å²) in [6.45, 7) is 5.05. The highest BCUT2D eigenvalue weighted by Crippen LogP contribution is 2.29. The Morgan fingerprint density at radius 1 is 1.00 bits per heavy atom. The second-order valence-corrected chi connectivity index (χ2v) is 4.65. The van der Waals surface area contributed by atoms with E-state index in [0.29, 0.717) is 12.5 Å². The summed E-state index contributed by atoms with van der Waals surface area (Å²) in [6, 6.07) is 17.1. The maximum absolute atomic E-state index is 5.69. The summed E-state index contributed by atoms with van der Waals surface area (Å²) in [4.78, 5) is 0. The molecular formula is C16H19N. The van der Waals surface area contributed by atoms with E-state index in [0.717, 1.165) is 0 Å². The summed E-state index contributed by atoms with van der Waals surface area (Å²) in [6.07, 6.45) is 0. The maximum Gasteiger partial charge on any atom is 0.0178 e. The van der Waals surface area contributed by atoms with Crippen LogP contribution in [0.1, 0.15) is 30.9 Å². The molecule has 1 nitrogen and oxygen atoms in total. The third kappa shape index (κ3) is 2.56. The quantitative estimate of drug-likeness (QED) is 0.841. The SMILES string of the molecule is CC(C)c1ccccc1-c1cccc(CN)c1. The van der Waals surface area contributed by atoms with Crippen LogP contribution < -0.4 is 5.73 Å². The van der Waals surface area contributed by atoms with E-state index in [-0.39, 0.29) is 0 Å². The molecular weight excluding hydrogens is 206 g/mol. The molecule has 0 atom stereocenters. The van der Waals surface area contributed by atoms with E-state index < -0.39 is 0 Å². The lowest BCUT2D eigenvalue weighted by Crippen LogP contribution is -1.97. The van der Waals surface area contributed by atoms with Crippen LogP contribution in [-0.2, 0) is 6.54 Å². The van der Waals surface area contributed by atoms with Gasteiger partial charge in [-0.1, -0.05) is 56.3 Å². The molecule has 2 N–H and O–H groups in total. The van der Waals surface area contributed by atoms with Crippen molar-refractivity contribution in [1.29, 1.82) is 0 Å². The smallest absolute Gasteiger partial charge is 0.0178 e. The van der Waals surface area contributed by atoms with Gasteiger partial charge in [0.05, 0.1) is 0 Å². The highest BCUT2D eigenvalue weighted by atomic mass is 14.5. The number of benzene rings is 2. The highest BCUT2D eigenvalue weighted by molar-refractivity contribution is 5.68. The predicted molar refractivity (Wildman–Crippen MR) is 73.9 cm³/mol. The predicted octanol–water partition coefficient (Wildman–Crippen LogP) is 3.94. The van der Waals surface area contributed by atoms with Crippen LogP contribution in [0.25, 0.3) is 11.1 Å². The molecule has 2 rings (SSSR count). The standard InChI is InChI=1S/C16H19N/c1-12(2)15-8-3-4-9-16(15)14-7-5-6-13(10-14)11-17/h3-10,12H,11,17H2,1-2H3. The van der Waals surface area contributed by atoms with Crippen molar-refractivity contribution in [3.63, 3.8) is 0 Å². The Balaban J connectivity index is 2.52. The van der Waals surface area contributed by atoms with Crippen LogP contribution in [-0.4, -0.2) is 0 Å². The molecule has 1 heteroatoms. The fourth-order valence-electron chi connectivity index (χ4n) is 2.13. The summed E-state index contributed by atoms with van der Waals surface area (Å²) in [5.41, 5.74) is 10.8. The van der Waals surface area contributed by atoms with Gasteiger partial charge in [0, 0.05) is 6.54 Å². The minimum absolute atomic E-state index is 0.535. The summed E-state index contributed by atoms with van der Waals surface area (Å²) in [5, 5.41) is 0. The van der Waals surface area contributed by atoms with Crippen LogP contribution in [0.4, 0.5) is 0 Å². The van der Waals surface area contributed by atoms with Crippen LogP contribution >= 0.6 is 0 Å². The molecule has 88 valence electrons. The van der Waals surface area contributed by atoms with Crippen molar-refractivity contribution in [3.05, 3.63) is 59.7 Å². The van der Waals surface area contributed by atoms with Gasteiger partial charge in [0.2, 0.25) is 0 Å². The molecule has 0 aliphatic rings. The fraction of sp³-hybridized carbons (Fsp3) is 0.250. The number of hydrogen-bond acceptors (Lipinski definition) is 1. The molecule has 0 aliphatic carbocycles. The Labute approximate surface area is 103 Å². The third-order valence-electron chi connectivity index (χ3n) is 3.06. The molecule has 0 amide bonds. The molecule has 0 spiro atoms. The summed E-state index contributed by atoms with van der Waals surface area (Å²) >= 11 is 0. The lowest BCUT2D eigenvalue weighted by molar-refractivity contribution is 0.869. The molecule has 2 aromatic carbocycles. The van der Waals surface area contributed by atoms with E-state index in [9.17, 15) is 0 Å². The van der Waals surface area contributed by atoms with E-state index in [2.05, 4.69) is 62.4 Å². The molecule has 0 fully saturated rings. The second-order valence-electron chi connectivity index (χ2n) is 4.65. The molecule has 0 unspecified atom stereocenters. The molecule has 0 radical (unpaired) electrons. The third-order valence-corrected chi connectivity index (χ3v) is 3.06. The molecule has 17 heavy (non-hydrogen) atoms. The van der Waals surface area contributed by atoms with Gasteiger partial charge in [-0.25, -0.2) is 0 Å². The summed E-state index contributed by atoms with van der Waals surface area (Å²) in [7, 11) is 0. The number of hydrogen-bond donors (Lipinski definition) is 1. The molecule has 0 bridgehead atoms. The van der Waals surface area contributed by atoms with Crippen LogP contribution in [0.3, 0.4) is 0 Å². The second kappa shape index (κ2) is 5.15. The van der Waals surface area contributed by atoms with E-state index >= 15 is 0 Å². The van der Waals surface area contributed by atoms with E-state index in [1.165, 1.54) is 22.3 Å². The van der Waals surface area contributed by atoms with Crippen LogP contribution in [0.5, 0.6) is 0 Å². The molecule has 0 saturated heterocycles. The minimum Gasteiger partial charge on any atom is -0.326 e. The minimum atomic E-state index is 0.535. The Kier molecular flexibility index (Phi) is 3.60. The average Bonchev–Trinajstić information content (AvgIpc) is 2.39. The summed E-state index contributed by atoms with van der Waals surface area (Å²) < 4.78 is 0. The van der Waals surface area contributed by atoms with Crippen LogP contribution in [0.15, 0.2) is 48.5 Å². The van der Waals surface area contributed by atoms with Crippen LogP contribution in [0, 0.1) is 0 Å². The lowest BCUT2D eigenvalue weighted by atomic mass is 9.92. The largest absolute Gasteiger partial charge is 0.326 e. The first-order valence-electron chi connectivity index (χ1n) is 6.10. The number of nitrogens with two attached hydrogens (primary N) is 1. The van der Waals surface area contributed by atoms with Crippen molar-refractivity contribution in [3.8, 4) is 11.1 Å². The maximum atomic E-state index is 5.69. The van der Waals surface area contributed by atoms with Crippen molar-refractivity contribution >= 4 is 0 Å². The Bertz CT molecular complexity index is 500. The number of rotatable bonds is 3. The Morgan fingerprint density at radius 3 is 2.47 bits per heavy atom. The molecule has 0 heterocycles. The zero-order valence-corrected chi connectivity index (χ0v) is 10.5. The van der Waals surface area contributed by atoms with Gasteiger partial charge >= 0.3 is 0 Å². The van der Waals surface area contributed by atoms with Gasteiger partial charge in [-0.2, -0.15) is 0 Å². The first-order chi connectivity index (χ1) is 8.22. The fourth-order valence-corrected chi connectivity index (χ4v) is 2.13. The highest BCUT2D eigenvalue weighted by Gasteiger charge is 2.07. The van der Waals surface area contributed by atoms with Gasteiger partial charge in [-0.3, -0.25) is 0 Å². The molecule has 0 saturated carbocycles. The summed E-state index contributed by atoms with van der Waals surface area (Å²) in [5.74, 6) is 0.535. The van der Waals surface area contributed by atoms with Gasteiger partial charge in [-0.05, 0) is 34.2 Å². The lowest BCUT2D eigenvalue weighted by Gasteiger charge is -2.13. The first-order valence-corrected chi connectivity index (χ1v) is 6.10. The normalized spacial score (nSPS) is 10.8. The van der Waals surface area contributed by atoms with Crippen molar-refractivity contribution in [2.75, 3.05) is 0 Å². The monoisotopic (exact) mass is 225 g/mol. The Morgan fingerprint density at radius 2 is 1.76 bits per heavy atom. The van der Waals surface area contributed by atoms with E-state index in [4.69, 9.17) is 5.73 Å². The zero-order valence-electron chi connectivity index (χ0n) is 10.5. The zero-order chi connectivity index (χ0) is 12.3. The molecule has 2 aromatic rings. The van der Waals surface area contributed by atoms with Gasteiger partial charge < -0.3 is 5.73 Å². The van der Waals surface area contributed by atoms with Gasteiger partial charge in [0.1, 0.15) is 0 Å². The van der Waals surface area contributed by atoms with Gasteiger partial charge in [-0.15, -0.1) is 0 Å². The van der Waals surface area contributed by atoms with Crippen molar-refractivity contribution < 1.29 is 0 Å². The average molecular weight is 225 g/mol. The van der Waals surface area contributed by atoms with Gasteiger partial charge in [0.25, 0.3) is 0 Å². The van der Waals surface area contributed by atoms with E-state index in [1.807, 2.05) is 0 Å². The van der Waals surface area contributed by atoms with Crippen molar-refractivity contribution in [2.45, 2.75) is 26.3 Å². The Hall–Kier alpha value is -1.60. The first kappa shape index (κ1) is 11.9. The topological polar surface area (TPSA) is 26.0 Å².